The molecule has 2 aromatic carbocycles. The minimum Gasteiger partial charge on any atom is -0.360 e. The maximum Gasteiger partial charge on any atom is 0.203 e. The quantitative estimate of drug-likeness (QED) is 0.639. The summed E-state index contributed by atoms with van der Waals surface area (Å²) in [4.78, 5) is 4.03. The van der Waals surface area contributed by atoms with Crippen LogP contribution in [0.2, 0.25) is 0 Å². The molecular formula is C23H28N5S+. The third-order valence-corrected chi connectivity index (χ3v) is 6.47. The zero-order valence-electron chi connectivity index (χ0n) is 16.7. The third-order valence-electron chi connectivity index (χ3n) is 6.04. The Hall–Kier alpha value is -2.44. The van der Waals surface area contributed by atoms with E-state index in [1.807, 2.05) is 0 Å². The highest BCUT2D eigenvalue weighted by Gasteiger charge is 2.31. The summed E-state index contributed by atoms with van der Waals surface area (Å²) in [6.45, 7) is 6.06. The summed E-state index contributed by atoms with van der Waals surface area (Å²) in [5.74, 6) is 1.77. The van der Waals surface area contributed by atoms with Crippen LogP contribution in [0.4, 0.5) is 5.69 Å². The molecule has 6 heteroatoms. The molecule has 29 heavy (non-hydrogen) atoms. The van der Waals surface area contributed by atoms with Gasteiger partial charge in [0.25, 0.3) is 0 Å². The van der Waals surface area contributed by atoms with Gasteiger partial charge in [0.2, 0.25) is 4.77 Å². The molecule has 1 aromatic heterocycles. The van der Waals surface area contributed by atoms with Crippen LogP contribution in [-0.2, 0) is 13.2 Å². The molecule has 3 aromatic rings. The molecule has 0 spiro atoms. The van der Waals surface area contributed by atoms with Crippen molar-refractivity contribution in [2.24, 2.45) is 0 Å². The fraction of sp³-hybridized carbons (Fsp3) is 0.391. The Labute approximate surface area is 177 Å². The lowest BCUT2D eigenvalue weighted by Gasteiger charge is -2.33. The Kier molecular flexibility index (Phi) is 5.21. The molecule has 0 unspecified atom stereocenters. The normalized spacial score (nSPS) is 17.6. The molecule has 0 bridgehead atoms. The van der Waals surface area contributed by atoms with E-state index in [1.165, 1.54) is 29.9 Å². The third kappa shape index (κ3) is 4.14. The summed E-state index contributed by atoms with van der Waals surface area (Å²) in [7, 11) is 0. The Morgan fingerprint density at radius 2 is 1.59 bits per heavy atom. The zero-order valence-corrected chi connectivity index (χ0v) is 17.5. The Bertz CT molecular complexity index is 999. The van der Waals surface area contributed by atoms with Crippen molar-refractivity contribution in [3.05, 3.63) is 76.8 Å². The highest BCUT2D eigenvalue weighted by atomic mass is 32.1. The van der Waals surface area contributed by atoms with Gasteiger partial charge in [-0.05, 0) is 42.8 Å². The van der Waals surface area contributed by atoms with Crippen LogP contribution in [0.25, 0.3) is 0 Å². The molecule has 0 radical (unpaired) electrons. The predicted octanol–water partition coefficient (Wildman–Crippen LogP) is 2.70. The van der Waals surface area contributed by atoms with Crippen LogP contribution in [0.15, 0.2) is 60.7 Å². The number of aromatic nitrogens is 3. The van der Waals surface area contributed by atoms with E-state index in [-0.39, 0.29) is 0 Å². The fourth-order valence-electron chi connectivity index (χ4n) is 4.21. The average molecular weight is 407 g/mol. The minimum absolute atomic E-state index is 0.589. The van der Waals surface area contributed by atoms with Gasteiger partial charge in [-0.1, -0.05) is 48.5 Å². The van der Waals surface area contributed by atoms with Crippen molar-refractivity contribution in [3.8, 4) is 0 Å². The predicted molar refractivity (Wildman–Crippen MR) is 118 cm³/mol. The van der Waals surface area contributed by atoms with Crippen molar-refractivity contribution >= 4 is 17.9 Å². The molecular weight excluding hydrogens is 378 g/mol. The second kappa shape index (κ2) is 8.13. The molecule has 1 aliphatic carbocycles. The Morgan fingerprint density at radius 3 is 2.24 bits per heavy atom. The van der Waals surface area contributed by atoms with E-state index >= 15 is 0 Å². The minimum atomic E-state index is 0.589. The molecule has 5 nitrogen and oxygen atoms in total. The second-order valence-electron chi connectivity index (χ2n) is 8.22. The Morgan fingerprint density at radius 1 is 0.931 bits per heavy atom. The molecule has 1 saturated carbocycles. The maximum absolute atomic E-state index is 5.87. The number of anilines is 1. The molecule has 0 atom stereocenters. The van der Waals surface area contributed by atoms with Crippen LogP contribution in [-0.4, -0.2) is 40.5 Å². The largest absolute Gasteiger partial charge is 0.360 e. The lowest BCUT2D eigenvalue weighted by atomic mass is 10.2. The van der Waals surface area contributed by atoms with Gasteiger partial charge in [0.15, 0.2) is 6.67 Å². The number of nitrogens with zero attached hydrogens (tertiary/aromatic N) is 4. The zero-order chi connectivity index (χ0) is 19.6. The summed E-state index contributed by atoms with van der Waals surface area (Å²) in [6, 6.07) is 21.3. The van der Waals surface area contributed by atoms with Gasteiger partial charge in [-0.2, -0.15) is 9.78 Å². The van der Waals surface area contributed by atoms with Gasteiger partial charge in [0.1, 0.15) is 5.82 Å². The van der Waals surface area contributed by atoms with E-state index in [0.29, 0.717) is 5.92 Å². The van der Waals surface area contributed by atoms with Crippen molar-refractivity contribution in [2.75, 3.05) is 31.1 Å². The molecule has 5 rings (SSSR count). The van der Waals surface area contributed by atoms with Crippen molar-refractivity contribution < 1.29 is 4.90 Å². The van der Waals surface area contributed by atoms with Gasteiger partial charge in [-0.25, -0.2) is 0 Å². The van der Waals surface area contributed by atoms with Crippen LogP contribution >= 0.6 is 12.2 Å². The fourth-order valence-corrected chi connectivity index (χ4v) is 4.47. The molecule has 1 N–H and O–H groups in total. The summed E-state index contributed by atoms with van der Waals surface area (Å²) in [5, 5.41) is 4.98. The van der Waals surface area contributed by atoms with E-state index in [9.17, 15) is 0 Å². The molecule has 1 saturated heterocycles. The first-order valence-corrected chi connectivity index (χ1v) is 11.0. The lowest BCUT2D eigenvalue weighted by molar-refractivity contribution is -0.924. The first kappa shape index (κ1) is 18.6. The number of piperazine rings is 1. The number of hydrogen-bond donors (Lipinski definition) is 1. The van der Waals surface area contributed by atoms with Gasteiger partial charge in [0.05, 0.1) is 32.7 Å². The topological polar surface area (TPSA) is 30.4 Å². The first-order chi connectivity index (χ1) is 14.3. The monoisotopic (exact) mass is 406 g/mol. The van der Waals surface area contributed by atoms with Gasteiger partial charge in [-0.15, -0.1) is 0 Å². The van der Waals surface area contributed by atoms with Gasteiger partial charge in [0, 0.05) is 11.6 Å². The molecule has 2 aliphatic rings. The number of quaternary nitrogens is 1. The number of rotatable bonds is 6. The summed E-state index contributed by atoms with van der Waals surface area (Å²) < 4.78 is 5.22. The van der Waals surface area contributed by atoms with Gasteiger partial charge >= 0.3 is 0 Å². The number of hydrogen-bond acceptors (Lipinski definition) is 3. The van der Waals surface area contributed by atoms with Crippen LogP contribution in [0.5, 0.6) is 0 Å². The molecule has 1 aliphatic heterocycles. The standard InChI is InChI=1S/C23H27N5S/c29-23-27(17-19-7-3-1-4-8-19)22(20-11-12-20)24-28(23)18-25-13-15-26(16-14-25)21-9-5-2-6-10-21/h1-10,20H,11-18H2/p+1. The highest BCUT2D eigenvalue weighted by molar-refractivity contribution is 7.71. The van der Waals surface area contributed by atoms with Crippen molar-refractivity contribution in [1.29, 1.82) is 0 Å². The maximum atomic E-state index is 5.87. The first-order valence-electron chi connectivity index (χ1n) is 10.6. The number of nitrogens with one attached hydrogen (secondary N) is 1. The highest BCUT2D eigenvalue weighted by Crippen LogP contribution is 2.39. The Balaban J connectivity index is 1.29. The van der Waals surface area contributed by atoms with Crippen LogP contribution in [0.1, 0.15) is 30.1 Å². The average Bonchev–Trinajstić information content (AvgIpc) is 3.58. The SMILES string of the molecule is S=c1n(C[NH+]2CCN(c3ccccc3)CC2)nc(C2CC2)n1Cc1ccccc1. The summed E-state index contributed by atoms with van der Waals surface area (Å²) in [6.07, 6.45) is 2.48. The van der Waals surface area contributed by atoms with E-state index < -0.39 is 0 Å². The van der Waals surface area contributed by atoms with Crippen LogP contribution < -0.4 is 9.80 Å². The van der Waals surface area contributed by atoms with Gasteiger partial charge in [-0.3, -0.25) is 4.57 Å². The van der Waals surface area contributed by atoms with E-state index in [2.05, 4.69) is 74.8 Å². The molecule has 150 valence electrons. The number of benzene rings is 2. The molecule has 2 fully saturated rings. The van der Waals surface area contributed by atoms with Crippen molar-refractivity contribution in [1.82, 2.24) is 14.3 Å². The van der Waals surface area contributed by atoms with Crippen LogP contribution in [0.3, 0.4) is 0 Å². The number of para-hydroxylation sites is 1. The van der Waals surface area contributed by atoms with E-state index in [0.717, 1.165) is 44.2 Å². The smallest absolute Gasteiger partial charge is 0.203 e. The van der Waals surface area contributed by atoms with Gasteiger partial charge < -0.3 is 9.80 Å². The van der Waals surface area contributed by atoms with E-state index in [1.54, 1.807) is 4.90 Å². The van der Waals surface area contributed by atoms with Crippen LogP contribution in [0, 0.1) is 4.77 Å². The summed E-state index contributed by atoms with van der Waals surface area (Å²) in [5.41, 5.74) is 2.61. The second-order valence-corrected chi connectivity index (χ2v) is 8.58. The van der Waals surface area contributed by atoms with Crippen molar-refractivity contribution in [3.63, 3.8) is 0 Å². The summed E-state index contributed by atoms with van der Waals surface area (Å²) >= 11 is 5.87. The molecule has 2 heterocycles. The molecule has 0 amide bonds. The van der Waals surface area contributed by atoms with E-state index in [4.69, 9.17) is 17.3 Å². The lowest BCUT2D eigenvalue weighted by Crippen LogP contribution is -3.14. The van der Waals surface area contributed by atoms with Crippen molar-refractivity contribution in [2.45, 2.75) is 32.0 Å².